The maximum absolute atomic E-state index is 13.8. The molecule has 0 fully saturated rings. The fourth-order valence-corrected chi connectivity index (χ4v) is 4.69. The average molecular weight is 495 g/mol. The normalized spacial score (nSPS) is 11.3. The number of likely N-dealkylation sites (N-methyl/N-ethyl adjacent to an activating group) is 1. The highest BCUT2D eigenvalue weighted by atomic mass is 31.2. The summed E-state index contributed by atoms with van der Waals surface area (Å²) in [5.41, 5.74) is 3.78. The van der Waals surface area contributed by atoms with Gasteiger partial charge in [-0.15, -0.1) is 0 Å². The third-order valence-corrected chi connectivity index (χ3v) is 6.56. The molecule has 0 aliphatic carbocycles. The van der Waals surface area contributed by atoms with Crippen molar-refractivity contribution in [1.82, 2.24) is 9.88 Å². The third kappa shape index (κ3) is 7.81. The average Bonchev–Trinajstić information content (AvgIpc) is 3.32. The quantitative estimate of drug-likeness (QED) is 0.223. The minimum atomic E-state index is -3.93. The summed E-state index contributed by atoms with van der Waals surface area (Å²) < 4.78 is 31.4. The Kier molecular flexibility index (Phi) is 10.1. The van der Waals surface area contributed by atoms with Crippen LogP contribution >= 0.6 is 7.82 Å². The number of hydrogen-bond donors (Lipinski definition) is 1. The fraction of sp³-hybridized carbons (Fsp3) is 0.286. The number of nitrogens with zero attached hydrogens (tertiary/aromatic N) is 1. The molecule has 0 aliphatic rings. The van der Waals surface area contributed by atoms with Gasteiger partial charge in [0.25, 0.3) is 0 Å². The van der Waals surface area contributed by atoms with Crippen LogP contribution in [-0.2, 0) is 33.2 Å². The summed E-state index contributed by atoms with van der Waals surface area (Å²) in [7, 11) is 0.140. The highest BCUT2D eigenvalue weighted by Gasteiger charge is 2.30. The van der Waals surface area contributed by atoms with Crippen molar-refractivity contribution in [3.63, 3.8) is 0 Å². The van der Waals surface area contributed by atoms with Crippen LogP contribution in [0.1, 0.15) is 30.5 Å². The lowest BCUT2D eigenvalue weighted by atomic mass is 10.1. The molecule has 4 rings (SSSR count). The van der Waals surface area contributed by atoms with Crippen LogP contribution in [0.25, 0.3) is 10.9 Å². The second kappa shape index (κ2) is 13.3. The van der Waals surface area contributed by atoms with Crippen LogP contribution in [0, 0.1) is 0 Å². The van der Waals surface area contributed by atoms with Crippen molar-refractivity contribution < 1.29 is 18.1 Å². The fourth-order valence-electron chi connectivity index (χ4n) is 3.50. The molecule has 0 radical (unpaired) electrons. The van der Waals surface area contributed by atoms with E-state index in [1.807, 2.05) is 107 Å². The van der Waals surface area contributed by atoms with Crippen LogP contribution < -0.4 is 4.52 Å². The molecular formula is C28H35N2O4P. The number of benzene rings is 3. The Morgan fingerprint density at radius 3 is 1.91 bits per heavy atom. The maximum Gasteiger partial charge on any atom is 0.530 e. The molecule has 0 spiro atoms. The van der Waals surface area contributed by atoms with E-state index in [2.05, 4.69) is 9.88 Å². The molecule has 1 heterocycles. The first kappa shape index (κ1) is 26.7. The SMILES string of the molecule is CC.CN(C)CCc1c[nH]c2cccc(OP(=O)(OCc3ccccc3)OCc3ccccc3)c12. The number of nitrogens with one attached hydrogen (secondary N) is 1. The van der Waals surface area contributed by atoms with Gasteiger partial charge < -0.3 is 14.4 Å². The van der Waals surface area contributed by atoms with Crippen LogP contribution in [0.5, 0.6) is 5.75 Å². The van der Waals surface area contributed by atoms with Crippen molar-refractivity contribution in [2.45, 2.75) is 33.5 Å². The molecule has 0 saturated carbocycles. The summed E-state index contributed by atoms with van der Waals surface area (Å²) in [6.45, 7) is 5.11. The van der Waals surface area contributed by atoms with Crippen LogP contribution in [-0.4, -0.2) is 30.5 Å². The predicted molar refractivity (Wildman–Crippen MR) is 143 cm³/mol. The van der Waals surface area contributed by atoms with Gasteiger partial charge in [-0.05, 0) is 49.3 Å². The second-order valence-electron chi connectivity index (χ2n) is 8.10. The first-order valence-corrected chi connectivity index (χ1v) is 13.4. The van der Waals surface area contributed by atoms with Crippen molar-refractivity contribution in [3.8, 4) is 5.75 Å². The van der Waals surface area contributed by atoms with Crippen molar-refractivity contribution in [2.75, 3.05) is 20.6 Å². The highest BCUT2D eigenvalue weighted by molar-refractivity contribution is 7.48. The zero-order valence-corrected chi connectivity index (χ0v) is 21.8. The Hall–Kier alpha value is -2.89. The lowest BCUT2D eigenvalue weighted by Crippen LogP contribution is -2.14. The number of rotatable bonds is 11. The van der Waals surface area contributed by atoms with Gasteiger partial charge in [-0.3, -0.25) is 9.05 Å². The summed E-state index contributed by atoms with van der Waals surface area (Å²) in [6, 6.07) is 24.8. The lowest BCUT2D eigenvalue weighted by Gasteiger charge is -2.20. The molecule has 7 heteroatoms. The van der Waals surface area contributed by atoms with Crippen molar-refractivity contribution >= 4 is 18.7 Å². The molecule has 0 atom stereocenters. The summed E-state index contributed by atoms with van der Waals surface area (Å²) >= 11 is 0. The van der Waals surface area contributed by atoms with E-state index in [0.29, 0.717) is 5.75 Å². The van der Waals surface area contributed by atoms with Gasteiger partial charge in [-0.2, -0.15) is 0 Å². The van der Waals surface area contributed by atoms with Crippen molar-refractivity contribution in [3.05, 3.63) is 102 Å². The summed E-state index contributed by atoms with van der Waals surface area (Å²) in [4.78, 5) is 5.41. The molecule has 0 amide bonds. The van der Waals surface area contributed by atoms with E-state index in [-0.39, 0.29) is 13.2 Å². The minimum absolute atomic E-state index is 0.115. The van der Waals surface area contributed by atoms with Gasteiger partial charge in [-0.25, -0.2) is 4.57 Å². The van der Waals surface area contributed by atoms with Crippen LogP contribution in [0.15, 0.2) is 85.1 Å². The monoisotopic (exact) mass is 494 g/mol. The van der Waals surface area contributed by atoms with Crippen molar-refractivity contribution in [2.24, 2.45) is 0 Å². The molecular weight excluding hydrogens is 459 g/mol. The first-order valence-electron chi connectivity index (χ1n) is 11.9. The molecule has 186 valence electrons. The number of aromatic amines is 1. The van der Waals surface area contributed by atoms with E-state index in [0.717, 1.165) is 40.6 Å². The Labute approximate surface area is 208 Å². The Bertz CT molecular complexity index is 1160. The zero-order valence-electron chi connectivity index (χ0n) is 20.9. The van der Waals surface area contributed by atoms with Gasteiger partial charge in [0.2, 0.25) is 0 Å². The molecule has 0 unspecified atom stereocenters. The van der Waals surface area contributed by atoms with Crippen LogP contribution in [0.2, 0.25) is 0 Å². The maximum atomic E-state index is 13.8. The molecule has 6 nitrogen and oxygen atoms in total. The number of fused-ring (bicyclic) bond motifs is 1. The molecule has 1 N–H and O–H groups in total. The van der Waals surface area contributed by atoms with Gasteiger partial charge >= 0.3 is 7.82 Å². The van der Waals surface area contributed by atoms with E-state index in [1.54, 1.807) is 6.07 Å². The number of phosphoric ester groups is 1. The molecule has 4 aromatic rings. The third-order valence-electron chi connectivity index (χ3n) is 5.25. The molecule has 35 heavy (non-hydrogen) atoms. The predicted octanol–water partition coefficient (Wildman–Crippen LogP) is 7.22. The van der Waals surface area contributed by atoms with Gasteiger partial charge in [0.1, 0.15) is 5.75 Å². The largest absolute Gasteiger partial charge is 0.530 e. The number of H-pyrrole nitrogens is 1. The Morgan fingerprint density at radius 2 is 1.37 bits per heavy atom. The number of aromatic nitrogens is 1. The summed E-state index contributed by atoms with van der Waals surface area (Å²) in [6.07, 6.45) is 2.80. The van der Waals surface area contributed by atoms with E-state index in [9.17, 15) is 4.57 Å². The first-order chi connectivity index (χ1) is 17.0. The van der Waals surface area contributed by atoms with Crippen molar-refractivity contribution in [1.29, 1.82) is 0 Å². The molecule has 3 aromatic carbocycles. The van der Waals surface area contributed by atoms with Crippen LogP contribution in [0.3, 0.4) is 0 Å². The lowest BCUT2D eigenvalue weighted by molar-refractivity contribution is 0.143. The zero-order chi connectivity index (χ0) is 25.1. The minimum Gasteiger partial charge on any atom is -0.403 e. The molecule has 1 aromatic heterocycles. The standard InChI is InChI=1S/C26H29N2O4P.C2H6/c1-28(2)17-16-23-18-27-24-14-9-15-25(26(23)24)32-33(29,30-19-21-10-5-3-6-11-21)31-20-22-12-7-4-8-13-22;1-2/h3-15,18,27H,16-17,19-20H2,1-2H3;1-2H3. The van der Waals surface area contributed by atoms with Gasteiger partial charge in [0, 0.05) is 23.6 Å². The Morgan fingerprint density at radius 1 is 0.800 bits per heavy atom. The summed E-state index contributed by atoms with van der Waals surface area (Å²) in [5, 5.41) is 0.895. The van der Waals surface area contributed by atoms with E-state index in [4.69, 9.17) is 13.6 Å². The summed E-state index contributed by atoms with van der Waals surface area (Å²) in [5.74, 6) is 0.479. The van der Waals surface area contributed by atoms with E-state index >= 15 is 0 Å². The van der Waals surface area contributed by atoms with E-state index in [1.165, 1.54) is 0 Å². The second-order valence-corrected chi connectivity index (χ2v) is 9.70. The number of hydrogen-bond acceptors (Lipinski definition) is 5. The molecule has 0 saturated heterocycles. The topological polar surface area (TPSA) is 63.8 Å². The van der Waals surface area contributed by atoms with Gasteiger partial charge in [-0.1, -0.05) is 80.6 Å². The Balaban J connectivity index is 0.00000167. The molecule has 0 bridgehead atoms. The number of phosphoric acid groups is 1. The van der Waals surface area contributed by atoms with Crippen LogP contribution in [0.4, 0.5) is 0 Å². The van der Waals surface area contributed by atoms with Gasteiger partial charge in [0.05, 0.1) is 13.2 Å². The smallest absolute Gasteiger partial charge is 0.403 e. The van der Waals surface area contributed by atoms with E-state index < -0.39 is 7.82 Å². The van der Waals surface area contributed by atoms with Gasteiger partial charge in [0.15, 0.2) is 0 Å². The highest BCUT2D eigenvalue weighted by Crippen LogP contribution is 2.52. The molecule has 0 aliphatic heterocycles.